The van der Waals surface area contributed by atoms with Gasteiger partial charge in [-0.3, -0.25) is 0 Å². The molecule has 6 rings (SSSR count). The molecule has 29 nitrogen and oxygen atoms in total. The van der Waals surface area contributed by atoms with Crippen LogP contribution in [0.15, 0.2) is 115 Å². The molecule has 2 saturated heterocycles. The van der Waals surface area contributed by atoms with Gasteiger partial charge in [-0.05, 0) is 99.7 Å². The number of sulfonamides is 2. The minimum absolute atomic E-state index is 0.0230. The van der Waals surface area contributed by atoms with Crippen molar-refractivity contribution in [3.63, 3.8) is 0 Å². The molecule has 31 heteroatoms. The number of hydrogen-bond acceptors (Lipinski definition) is 25. The molecule has 14 N–H and O–H groups in total. The SMILES string of the molecule is COc1cc(N=Nc2cccc(S(=O)(=O)NCCNC3CNCCOCCNCCCNCCOCCNC3)c2)ccc1NC(=O)Nc1ccc(N=Nc2cccc(S(=O)(=O)NCCNC3CNCCOCCNCCCNCCOCCNC3)c2)cc1OC. The molecule has 2 heterocycles. The molecule has 0 unspecified atom stereocenters. The molecular formula is C59H96N18O11S2. The van der Waals surface area contributed by atoms with Crippen LogP contribution >= 0.6 is 0 Å². The van der Waals surface area contributed by atoms with Crippen LogP contribution in [-0.4, -0.2) is 233 Å². The van der Waals surface area contributed by atoms with Crippen LogP contribution in [-0.2, 0) is 39.0 Å². The van der Waals surface area contributed by atoms with E-state index >= 15 is 0 Å². The molecule has 0 atom stereocenters. The predicted octanol–water partition coefficient (Wildman–Crippen LogP) is 2.24. The molecule has 0 spiro atoms. The van der Waals surface area contributed by atoms with Gasteiger partial charge in [0.05, 0.1) is 111 Å². The van der Waals surface area contributed by atoms with Crippen LogP contribution in [0.25, 0.3) is 0 Å². The van der Waals surface area contributed by atoms with E-state index in [9.17, 15) is 21.6 Å². The van der Waals surface area contributed by atoms with E-state index in [1.165, 1.54) is 38.5 Å². The Morgan fingerprint density at radius 1 is 0.433 bits per heavy atom. The number of amides is 2. The minimum atomic E-state index is -3.89. The summed E-state index contributed by atoms with van der Waals surface area (Å²) in [6.45, 7) is 18.3. The first kappa shape index (κ1) is 73.3. The lowest BCUT2D eigenvalue weighted by Gasteiger charge is -2.20. The first-order valence-electron chi connectivity index (χ1n) is 30.9. The van der Waals surface area contributed by atoms with E-state index in [0.717, 1.165) is 65.2 Å². The van der Waals surface area contributed by atoms with Gasteiger partial charge < -0.3 is 92.2 Å². The summed E-state index contributed by atoms with van der Waals surface area (Å²) >= 11 is 0. The summed E-state index contributed by atoms with van der Waals surface area (Å²) in [5.74, 6) is 0.559. The zero-order valence-electron chi connectivity index (χ0n) is 52.0. The highest BCUT2D eigenvalue weighted by Gasteiger charge is 2.18. The van der Waals surface area contributed by atoms with Crippen molar-refractivity contribution in [3.8, 4) is 11.5 Å². The molecule has 2 amide bonds. The van der Waals surface area contributed by atoms with Crippen LogP contribution < -0.4 is 82.7 Å². The zero-order valence-corrected chi connectivity index (χ0v) is 53.7. The van der Waals surface area contributed by atoms with E-state index in [0.29, 0.717) is 152 Å². The van der Waals surface area contributed by atoms with Crippen molar-refractivity contribution in [1.29, 1.82) is 0 Å². The van der Waals surface area contributed by atoms with E-state index in [1.54, 1.807) is 60.7 Å². The molecule has 4 aromatic carbocycles. The Balaban J connectivity index is 0.940. The molecule has 2 aliphatic heterocycles. The normalized spacial score (nSPS) is 18.2. The van der Waals surface area contributed by atoms with Crippen molar-refractivity contribution in [1.82, 2.24) is 62.6 Å². The highest BCUT2D eigenvalue weighted by molar-refractivity contribution is 7.89. The van der Waals surface area contributed by atoms with Gasteiger partial charge in [-0.25, -0.2) is 31.1 Å². The molecule has 500 valence electrons. The van der Waals surface area contributed by atoms with Crippen molar-refractivity contribution >= 4 is 60.2 Å². The van der Waals surface area contributed by atoms with Gasteiger partial charge in [0.15, 0.2) is 0 Å². The van der Waals surface area contributed by atoms with Crippen molar-refractivity contribution in [3.05, 3.63) is 84.9 Å². The third kappa shape index (κ3) is 30.1. The molecule has 2 aliphatic rings. The van der Waals surface area contributed by atoms with E-state index in [4.69, 9.17) is 28.4 Å². The average molecular weight is 1300 g/mol. The Kier molecular flexibility index (Phi) is 35.7. The number of azo groups is 2. The highest BCUT2D eigenvalue weighted by Crippen LogP contribution is 2.33. The van der Waals surface area contributed by atoms with Crippen LogP contribution in [0.2, 0.25) is 0 Å². The molecule has 0 radical (unpaired) electrons. The number of carbonyl (C=O) groups excluding carboxylic acids is 1. The van der Waals surface area contributed by atoms with Gasteiger partial charge in [0.25, 0.3) is 0 Å². The largest absolute Gasteiger partial charge is 0.494 e. The maximum absolute atomic E-state index is 13.4. The third-order valence-corrected chi connectivity index (χ3v) is 16.7. The summed E-state index contributed by atoms with van der Waals surface area (Å²) in [5, 5.41) is 56.9. The van der Waals surface area contributed by atoms with Gasteiger partial charge in [-0.15, -0.1) is 0 Å². The highest BCUT2D eigenvalue weighted by atomic mass is 32.2. The third-order valence-electron chi connectivity index (χ3n) is 13.7. The second kappa shape index (κ2) is 43.9. The van der Waals surface area contributed by atoms with Gasteiger partial charge in [0, 0.05) is 129 Å². The summed E-state index contributed by atoms with van der Waals surface area (Å²) in [5.41, 5.74) is 2.00. The predicted molar refractivity (Wildman–Crippen MR) is 349 cm³/mol. The topological polar surface area (TPSA) is 359 Å². The van der Waals surface area contributed by atoms with Gasteiger partial charge in [-0.1, -0.05) is 12.1 Å². The van der Waals surface area contributed by atoms with Crippen LogP contribution in [0.1, 0.15) is 12.8 Å². The Morgan fingerprint density at radius 2 is 0.756 bits per heavy atom. The smallest absolute Gasteiger partial charge is 0.323 e. The molecule has 0 saturated carbocycles. The standard InChI is InChI=1S/C59H96N18O11S2/c1-83-57-41-49(76-74-47-7-3-9-53(39-47)89(79,80)70-21-19-68-51-43-64-27-35-85-31-23-60-15-5-16-61-24-32-86-36-28-65-44-51)11-13-55(57)72-59(78)73-56-14-12-50(42-58(56)84-2)77-75-48-8-4-10-54(40-48)90(81,82)71-22-20-69-52-45-66-29-37-87-33-25-62-17-6-18-63-26-34-88-38-30-67-46-52/h3-4,7-14,39-42,51-52,60-71H,5-6,15-38,43-46H2,1-2H3,(H2,72,73,78). The summed E-state index contributed by atoms with van der Waals surface area (Å²) in [6, 6.07) is 21.3. The van der Waals surface area contributed by atoms with E-state index in [-0.39, 0.29) is 46.5 Å². The Labute approximate surface area is 530 Å². The minimum Gasteiger partial charge on any atom is -0.494 e. The van der Waals surface area contributed by atoms with Crippen molar-refractivity contribution in [2.24, 2.45) is 20.5 Å². The fourth-order valence-corrected chi connectivity index (χ4v) is 11.1. The zero-order chi connectivity index (χ0) is 63.6. The molecule has 0 bridgehead atoms. The molecule has 90 heavy (non-hydrogen) atoms. The van der Waals surface area contributed by atoms with Crippen LogP contribution in [0.4, 0.5) is 38.9 Å². The lowest BCUT2D eigenvalue weighted by Crippen LogP contribution is -2.48. The van der Waals surface area contributed by atoms with E-state index < -0.39 is 26.1 Å². The van der Waals surface area contributed by atoms with E-state index in [2.05, 4.69) is 93.7 Å². The molecule has 2 fully saturated rings. The van der Waals surface area contributed by atoms with Crippen molar-refractivity contribution < 1.29 is 50.1 Å². The Bertz CT molecular complexity index is 2720. The summed E-state index contributed by atoms with van der Waals surface area (Å²) in [6.07, 6.45) is 2.09. The fourth-order valence-electron chi connectivity index (χ4n) is 8.99. The second-order valence-electron chi connectivity index (χ2n) is 20.8. The van der Waals surface area contributed by atoms with Crippen LogP contribution in [0.5, 0.6) is 11.5 Å². The number of anilines is 2. The molecular weight excluding hydrogens is 1200 g/mol. The number of rotatable bonds is 20. The quantitative estimate of drug-likeness (QED) is 0.0446. The second-order valence-corrected chi connectivity index (χ2v) is 24.3. The van der Waals surface area contributed by atoms with Gasteiger partial charge in [-0.2, -0.15) is 20.5 Å². The summed E-state index contributed by atoms with van der Waals surface area (Å²) in [4.78, 5) is 13.4. The van der Waals surface area contributed by atoms with Crippen LogP contribution in [0, 0.1) is 0 Å². The van der Waals surface area contributed by atoms with Gasteiger partial charge in [0.1, 0.15) is 11.5 Å². The maximum Gasteiger partial charge on any atom is 0.323 e. The Morgan fingerprint density at radius 3 is 1.09 bits per heavy atom. The molecule has 0 aromatic heterocycles. The molecule has 4 aromatic rings. The average Bonchev–Trinajstić information content (AvgIpc) is 2.27. The lowest BCUT2D eigenvalue weighted by molar-refractivity contribution is 0.134. The van der Waals surface area contributed by atoms with Gasteiger partial charge >= 0.3 is 6.03 Å². The number of urea groups is 1. The first-order valence-corrected chi connectivity index (χ1v) is 33.9. The van der Waals surface area contributed by atoms with Gasteiger partial charge in [0.2, 0.25) is 20.0 Å². The first-order chi connectivity index (χ1) is 44.0. The number of carbonyl (C=O) groups is 1. The van der Waals surface area contributed by atoms with Crippen LogP contribution in [0.3, 0.4) is 0 Å². The lowest BCUT2D eigenvalue weighted by atomic mass is 10.2. The molecule has 0 aliphatic carbocycles. The number of benzene rings is 4. The maximum atomic E-state index is 13.4. The van der Waals surface area contributed by atoms with Crippen molar-refractivity contribution in [2.45, 2.75) is 34.7 Å². The summed E-state index contributed by atoms with van der Waals surface area (Å²) < 4.78 is 93.1. The number of nitrogens with one attached hydrogen (secondary N) is 14. The fraction of sp³-hybridized carbons (Fsp3) is 0.576. The number of nitrogens with zero attached hydrogens (tertiary/aromatic N) is 4. The Hall–Kier alpha value is -5.79. The summed E-state index contributed by atoms with van der Waals surface area (Å²) in [7, 11) is -4.90. The number of ether oxygens (including phenoxy) is 6. The number of methoxy groups -OCH3 is 2. The monoisotopic (exact) mass is 1300 g/mol. The number of hydrogen-bond donors (Lipinski definition) is 14. The van der Waals surface area contributed by atoms with Crippen molar-refractivity contribution in [2.75, 3.05) is 209 Å². The van der Waals surface area contributed by atoms with E-state index in [1.807, 2.05) is 0 Å².